The summed E-state index contributed by atoms with van der Waals surface area (Å²) in [7, 11) is 0. The molecule has 1 amide bonds. The predicted molar refractivity (Wildman–Crippen MR) is 89.8 cm³/mol. The van der Waals surface area contributed by atoms with E-state index in [9.17, 15) is 9.59 Å². The van der Waals surface area contributed by atoms with Crippen LogP contribution in [0.15, 0.2) is 24.3 Å². The summed E-state index contributed by atoms with van der Waals surface area (Å²) in [5, 5.41) is 2.87. The average Bonchev–Trinajstić information content (AvgIpc) is 2.49. The highest BCUT2D eigenvalue weighted by atomic mass is 16.6. The Bertz CT molecular complexity index is 571. The van der Waals surface area contributed by atoms with Gasteiger partial charge < -0.3 is 10.1 Å². The van der Waals surface area contributed by atoms with E-state index >= 15 is 0 Å². The number of carbonyl (C=O) groups excluding carboxylic acids is 2. The summed E-state index contributed by atoms with van der Waals surface area (Å²) in [5.41, 5.74) is 2.42. The molecule has 4 heteroatoms. The van der Waals surface area contributed by atoms with Gasteiger partial charge in [0.1, 0.15) is 5.92 Å². The molecule has 4 nitrogen and oxygen atoms in total. The SMILES string of the molecule is CC[C@H](C)[C@@H]1C(=O)O[C@H]1C(=O)NCc1ccc(C(C)(C)C)cc1. The Balaban J connectivity index is 1.91. The van der Waals surface area contributed by atoms with Gasteiger partial charge in [0.05, 0.1) is 0 Å². The van der Waals surface area contributed by atoms with E-state index in [-0.39, 0.29) is 29.1 Å². The molecule has 0 saturated carbocycles. The summed E-state index contributed by atoms with van der Waals surface area (Å²) in [6.45, 7) is 11.0. The van der Waals surface area contributed by atoms with Crippen LogP contribution in [0.5, 0.6) is 0 Å². The van der Waals surface area contributed by atoms with Crippen LogP contribution in [0.1, 0.15) is 52.2 Å². The van der Waals surface area contributed by atoms with E-state index in [4.69, 9.17) is 4.74 Å². The zero-order valence-corrected chi connectivity index (χ0v) is 14.7. The molecule has 1 N–H and O–H groups in total. The maximum absolute atomic E-state index is 12.2. The first-order valence-corrected chi connectivity index (χ1v) is 8.31. The minimum atomic E-state index is -0.633. The normalized spacial score (nSPS) is 22.0. The summed E-state index contributed by atoms with van der Waals surface area (Å²) >= 11 is 0. The molecule has 23 heavy (non-hydrogen) atoms. The molecule has 0 aromatic heterocycles. The zero-order chi connectivity index (χ0) is 17.2. The lowest BCUT2D eigenvalue weighted by Crippen LogP contribution is -2.56. The Morgan fingerprint density at radius 2 is 1.87 bits per heavy atom. The average molecular weight is 317 g/mol. The number of rotatable bonds is 5. The molecule has 126 valence electrons. The quantitative estimate of drug-likeness (QED) is 0.849. The highest BCUT2D eigenvalue weighted by molar-refractivity contribution is 5.94. The monoisotopic (exact) mass is 317 g/mol. The number of hydrogen-bond donors (Lipinski definition) is 1. The summed E-state index contributed by atoms with van der Waals surface area (Å²) in [6.07, 6.45) is 0.226. The van der Waals surface area contributed by atoms with Crippen LogP contribution in [0.3, 0.4) is 0 Å². The molecular formula is C19H27NO3. The molecule has 0 unspecified atom stereocenters. The molecule has 1 aliphatic rings. The largest absolute Gasteiger partial charge is 0.451 e. The summed E-state index contributed by atoms with van der Waals surface area (Å²) in [5.74, 6) is -0.592. The molecule has 0 aliphatic carbocycles. The van der Waals surface area contributed by atoms with E-state index in [0.717, 1.165) is 12.0 Å². The number of carbonyl (C=O) groups is 2. The number of amides is 1. The number of esters is 1. The molecule has 1 heterocycles. The van der Waals surface area contributed by atoms with Crippen molar-refractivity contribution in [3.8, 4) is 0 Å². The van der Waals surface area contributed by atoms with Gasteiger partial charge in [0.25, 0.3) is 5.91 Å². The van der Waals surface area contributed by atoms with Crippen LogP contribution in [0.4, 0.5) is 0 Å². The molecule has 1 aromatic rings. The van der Waals surface area contributed by atoms with Crippen molar-refractivity contribution in [3.63, 3.8) is 0 Å². The Morgan fingerprint density at radius 3 is 2.35 bits per heavy atom. The van der Waals surface area contributed by atoms with Crippen LogP contribution >= 0.6 is 0 Å². The Kier molecular flexibility index (Phi) is 5.12. The fraction of sp³-hybridized carbons (Fsp3) is 0.579. The summed E-state index contributed by atoms with van der Waals surface area (Å²) in [6, 6.07) is 8.24. The number of benzene rings is 1. The smallest absolute Gasteiger partial charge is 0.314 e. The van der Waals surface area contributed by atoms with Crippen molar-refractivity contribution >= 4 is 11.9 Å². The minimum Gasteiger partial charge on any atom is -0.451 e. The zero-order valence-electron chi connectivity index (χ0n) is 14.7. The molecule has 1 fully saturated rings. The van der Waals surface area contributed by atoms with Gasteiger partial charge in [-0.3, -0.25) is 9.59 Å². The Labute approximate surface area is 138 Å². The molecule has 3 atom stereocenters. The highest BCUT2D eigenvalue weighted by Gasteiger charge is 2.49. The van der Waals surface area contributed by atoms with Gasteiger partial charge in [-0.15, -0.1) is 0 Å². The lowest BCUT2D eigenvalue weighted by atomic mass is 9.83. The van der Waals surface area contributed by atoms with Gasteiger partial charge in [-0.2, -0.15) is 0 Å². The second-order valence-corrected chi connectivity index (χ2v) is 7.43. The maximum Gasteiger partial charge on any atom is 0.314 e. The van der Waals surface area contributed by atoms with Crippen molar-refractivity contribution < 1.29 is 14.3 Å². The number of cyclic esters (lactones) is 1. The Morgan fingerprint density at radius 1 is 1.26 bits per heavy atom. The van der Waals surface area contributed by atoms with E-state index in [1.165, 1.54) is 5.56 Å². The summed E-state index contributed by atoms with van der Waals surface area (Å²) in [4.78, 5) is 23.8. The van der Waals surface area contributed by atoms with Crippen molar-refractivity contribution in [1.29, 1.82) is 0 Å². The van der Waals surface area contributed by atoms with Gasteiger partial charge in [0, 0.05) is 6.54 Å². The van der Waals surface area contributed by atoms with Crippen LogP contribution in [0.2, 0.25) is 0 Å². The van der Waals surface area contributed by atoms with Gasteiger partial charge in [-0.1, -0.05) is 65.3 Å². The van der Waals surface area contributed by atoms with Crippen molar-refractivity contribution in [2.75, 3.05) is 0 Å². The van der Waals surface area contributed by atoms with E-state index < -0.39 is 6.10 Å². The molecule has 0 spiro atoms. The van der Waals surface area contributed by atoms with Crippen LogP contribution in [0.25, 0.3) is 0 Å². The first-order chi connectivity index (χ1) is 10.7. The van der Waals surface area contributed by atoms with Gasteiger partial charge in [-0.25, -0.2) is 0 Å². The van der Waals surface area contributed by atoms with Crippen LogP contribution < -0.4 is 5.32 Å². The fourth-order valence-corrected chi connectivity index (χ4v) is 2.74. The topological polar surface area (TPSA) is 55.4 Å². The van der Waals surface area contributed by atoms with Crippen LogP contribution in [0, 0.1) is 11.8 Å². The first kappa shape index (κ1) is 17.5. The van der Waals surface area contributed by atoms with E-state index in [1.807, 2.05) is 26.0 Å². The molecule has 0 radical (unpaired) electrons. The van der Waals surface area contributed by atoms with Crippen molar-refractivity contribution in [2.45, 2.75) is 59.1 Å². The number of hydrogen-bond acceptors (Lipinski definition) is 3. The lowest BCUT2D eigenvalue weighted by Gasteiger charge is -2.37. The third-order valence-corrected chi connectivity index (χ3v) is 4.64. The van der Waals surface area contributed by atoms with Crippen molar-refractivity contribution in [2.24, 2.45) is 11.8 Å². The van der Waals surface area contributed by atoms with Crippen molar-refractivity contribution in [1.82, 2.24) is 5.32 Å². The van der Waals surface area contributed by atoms with Gasteiger partial charge >= 0.3 is 5.97 Å². The van der Waals surface area contributed by atoms with E-state index in [2.05, 4.69) is 38.2 Å². The van der Waals surface area contributed by atoms with E-state index in [0.29, 0.717) is 6.54 Å². The standard InChI is InChI=1S/C19H27NO3/c1-6-12(2)15-16(23-18(15)22)17(21)20-11-13-7-9-14(10-8-13)19(3,4)5/h7-10,12,15-16H,6,11H2,1-5H3,(H,20,21)/t12-,15-,16+/m0/s1. The van der Waals surface area contributed by atoms with Crippen LogP contribution in [-0.4, -0.2) is 18.0 Å². The highest BCUT2D eigenvalue weighted by Crippen LogP contribution is 2.31. The third-order valence-electron chi connectivity index (χ3n) is 4.64. The molecule has 2 rings (SSSR count). The molecule has 1 saturated heterocycles. The second kappa shape index (κ2) is 6.73. The second-order valence-electron chi connectivity index (χ2n) is 7.43. The molecule has 0 bridgehead atoms. The number of nitrogens with one attached hydrogen (secondary N) is 1. The van der Waals surface area contributed by atoms with Gasteiger partial charge in [0.2, 0.25) is 0 Å². The predicted octanol–water partition coefficient (Wildman–Crippen LogP) is 3.19. The number of ether oxygens (including phenoxy) is 1. The summed E-state index contributed by atoms with van der Waals surface area (Å²) < 4.78 is 5.04. The van der Waals surface area contributed by atoms with Crippen molar-refractivity contribution in [3.05, 3.63) is 35.4 Å². The lowest BCUT2D eigenvalue weighted by molar-refractivity contribution is -0.193. The molecular weight excluding hydrogens is 290 g/mol. The molecule has 1 aromatic carbocycles. The first-order valence-electron chi connectivity index (χ1n) is 8.31. The van der Waals surface area contributed by atoms with Gasteiger partial charge in [0.15, 0.2) is 6.10 Å². The maximum atomic E-state index is 12.2. The Hall–Kier alpha value is -1.84. The molecule has 1 aliphatic heterocycles. The van der Waals surface area contributed by atoms with E-state index in [1.54, 1.807) is 0 Å². The van der Waals surface area contributed by atoms with Crippen LogP contribution in [-0.2, 0) is 26.3 Å². The third kappa shape index (κ3) is 3.92. The van der Waals surface area contributed by atoms with Gasteiger partial charge in [-0.05, 0) is 22.5 Å². The fourth-order valence-electron chi connectivity index (χ4n) is 2.74. The minimum absolute atomic E-state index is 0.116.